The first-order valence-corrected chi connectivity index (χ1v) is 5.06. The van der Waals surface area contributed by atoms with Crippen molar-refractivity contribution in [2.45, 2.75) is 13.5 Å². The SMILES string of the molecule is CC#CCNCc1cc(Cl)ccc1[N+](=O)[O-]. The molecule has 0 aromatic heterocycles. The number of nitro benzene ring substituents is 1. The van der Waals surface area contributed by atoms with E-state index in [4.69, 9.17) is 11.6 Å². The fourth-order valence-electron chi connectivity index (χ4n) is 1.22. The van der Waals surface area contributed by atoms with Crippen LogP contribution >= 0.6 is 11.6 Å². The van der Waals surface area contributed by atoms with Crippen molar-refractivity contribution in [1.29, 1.82) is 0 Å². The molecule has 0 fully saturated rings. The minimum absolute atomic E-state index is 0.0707. The highest BCUT2D eigenvalue weighted by Gasteiger charge is 2.12. The quantitative estimate of drug-likeness (QED) is 0.379. The van der Waals surface area contributed by atoms with Crippen LogP contribution in [0.25, 0.3) is 0 Å². The van der Waals surface area contributed by atoms with Crippen molar-refractivity contribution in [2.24, 2.45) is 0 Å². The minimum Gasteiger partial charge on any atom is -0.302 e. The molecule has 0 amide bonds. The second-order valence-corrected chi connectivity index (χ2v) is 3.50. The summed E-state index contributed by atoms with van der Waals surface area (Å²) in [7, 11) is 0. The molecule has 0 atom stereocenters. The molecule has 0 aliphatic rings. The van der Waals surface area contributed by atoms with Crippen LogP contribution in [0.3, 0.4) is 0 Å². The van der Waals surface area contributed by atoms with Crippen molar-refractivity contribution >= 4 is 17.3 Å². The zero-order valence-electron chi connectivity index (χ0n) is 8.79. The number of nitrogens with one attached hydrogen (secondary N) is 1. The van der Waals surface area contributed by atoms with Gasteiger partial charge in [-0.3, -0.25) is 10.1 Å². The van der Waals surface area contributed by atoms with Crippen LogP contribution in [0.15, 0.2) is 18.2 Å². The van der Waals surface area contributed by atoms with Gasteiger partial charge in [-0.15, -0.1) is 5.92 Å². The van der Waals surface area contributed by atoms with Crippen molar-refractivity contribution in [2.75, 3.05) is 6.54 Å². The summed E-state index contributed by atoms with van der Waals surface area (Å²) < 4.78 is 0. The van der Waals surface area contributed by atoms with Crippen LogP contribution in [0.1, 0.15) is 12.5 Å². The molecular weight excluding hydrogens is 228 g/mol. The summed E-state index contributed by atoms with van der Waals surface area (Å²) in [6.07, 6.45) is 0. The normalized spacial score (nSPS) is 9.38. The molecule has 1 N–H and O–H groups in total. The van der Waals surface area contributed by atoms with Gasteiger partial charge in [0.25, 0.3) is 5.69 Å². The Morgan fingerprint density at radius 3 is 2.94 bits per heavy atom. The molecular formula is C11H11ClN2O2. The maximum Gasteiger partial charge on any atom is 0.273 e. The van der Waals surface area contributed by atoms with Crippen LogP contribution < -0.4 is 5.32 Å². The predicted octanol–water partition coefficient (Wildman–Crippen LogP) is 2.36. The number of nitro groups is 1. The van der Waals surface area contributed by atoms with E-state index in [9.17, 15) is 10.1 Å². The molecule has 0 saturated carbocycles. The molecule has 0 aliphatic carbocycles. The van der Waals surface area contributed by atoms with Gasteiger partial charge in [-0.2, -0.15) is 0 Å². The maximum absolute atomic E-state index is 10.7. The van der Waals surface area contributed by atoms with Gasteiger partial charge in [0, 0.05) is 23.2 Å². The average Bonchev–Trinajstić information content (AvgIpc) is 2.24. The van der Waals surface area contributed by atoms with E-state index in [2.05, 4.69) is 17.2 Å². The van der Waals surface area contributed by atoms with Gasteiger partial charge in [0.15, 0.2) is 0 Å². The number of nitrogens with zero attached hydrogens (tertiary/aromatic N) is 1. The second-order valence-electron chi connectivity index (χ2n) is 3.06. The topological polar surface area (TPSA) is 55.2 Å². The first-order valence-electron chi connectivity index (χ1n) is 4.68. The largest absolute Gasteiger partial charge is 0.302 e. The number of rotatable bonds is 4. The van der Waals surface area contributed by atoms with Crippen LogP contribution in [0.4, 0.5) is 5.69 Å². The molecule has 0 radical (unpaired) electrons. The molecule has 0 heterocycles. The monoisotopic (exact) mass is 238 g/mol. The molecule has 4 nitrogen and oxygen atoms in total. The van der Waals surface area contributed by atoms with Crippen molar-refractivity contribution in [1.82, 2.24) is 5.32 Å². The average molecular weight is 239 g/mol. The lowest BCUT2D eigenvalue weighted by atomic mass is 10.2. The van der Waals surface area contributed by atoms with Crippen LogP contribution in [0, 0.1) is 22.0 Å². The lowest BCUT2D eigenvalue weighted by Crippen LogP contribution is -2.14. The lowest BCUT2D eigenvalue weighted by Gasteiger charge is -2.03. The smallest absolute Gasteiger partial charge is 0.273 e. The van der Waals surface area contributed by atoms with Crippen LogP contribution in [-0.4, -0.2) is 11.5 Å². The Morgan fingerprint density at radius 1 is 1.56 bits per heavy atom. The van der Waals surface area contributed by atoms with E-state index in [1.165, 1.54) is 12.1 Å². The van der Waals surface area contributed by atoms with E-state index in [-0.39, 0.29) is 5.69 Å². The number of hydrogen-bond acceptors (Lipinski definition) is 3. The van der Waals surface area contributed by atoms with Gasteiger partial charge in [-0.25, -0.2) is 0 Å². The molecule has 1 aromatic carbocycles. The summed E-state index contributed by atoms with van der Waals surface area (Å²) in [5, 5.41) is 14.2. The predicted molar refractivity (Wildman–Crippen MR) is 63.3 cm³/mol. The van der Waals surface area contributed by atoms with Crippen LogP contribution in [0.2, 0.25) is 5.02 Å². The van der Waals surface area contributed by atoms with Crippen molar-refractivity contribution in [3.8, 4) is 11.8 Å². The molecule has 0 saturated heterocycles. The zero-order valence-corrected chi connectivity index (χ0v) is 9.54. The Morgan fingerprint density at radius 2 is 2.31 bits per heavy atom. The van der Waals surface area contributed by atoms with Gasteiger partial charge in [0.1, 0.15) is 0 Å². The Kier molecular flexibility index (Phi) is 4.77. The first-order chi connectivity index (χ1) is 7.65. The molecule has 0 unspecified atom stereocenters. The molecule has 84 valence electrons. The highest BCUT2D eigenvalue weighted by molar-refractivity contribution is 6.30. The third-order valence-corrected chi connectivity index (χ3v) is 2.18. The van der Waals surface area contributed by atoms with Crippen molar-refractivity contribution in [3.63, 3.8) is 0 Å². The Balaban J connectivity index is 2.78. The van der Waals surface area contributed by atoms with Gasteiger partial charge in [-0.1, -0.05) is 17.5 Å². The van der Waals surface area contributed by atoms with Gasteiger partial charge in [-0.05, 0) is 19.1 Å². The standard InChI is InChI=1S/C11H11ClN2O2/c1-2-3-6-13-8-9-7-10(12)4-5-11(9)14(15)16/h4-5,7,13H,6,8H2,1H3. The zero-order chi connectivity index (χ0) is 12.0. The number of benzene rings is 1. The van der Waals surface area contributed by atoms with E-state index < -0.39 is 4.92 Å². The van der Waals surface area contributed by atoms with Gasteiger partial charge in [0.2, 0.25) is 0 Å². The summed E-state index contributed by atoms with van der Waals surface area (Å²) in [5.74, 6) is 5.55. The molecule has 0 aliphatic heterocycles. The van der Waals surface area contributed by atoms with Gasteiger partial charge in [0.05, 0.1) is 11.5 Å². The van der Waals surface area contributed by atoms with Crippen molar-refractivity contribution in [3.05, 3.63) is 38.9 Å². The summed E-state index contributed by atoms with van der Waals surface area (Å²) >= 11 is 5.78. The lowest BCUT2D eigenvalue weighted by molar-refractivity contribution is -0.385. The third kappa shape index (κ3) is 3.54. The summed E-state index contributed by atoms with van der Waals surface area (Å²) in [6.45, 7) is 2.62. The molecule has 0 spiro atoms. The minimum atomic E-state index is -0.418. The van der Waals surface area contributed by atoms with Crippen LogP contribution in [0.5, 0.6) is 0 Å². The maximum atomic E-state index is 10.7. The fraction of sp³-hybridized carbons (Fsp3) is 0.273. The summed E-state index contributed by atoms with van der Waals surface area (Å²) in [5.41, 5.74) is 0.636. The highest BCUT2D eigenvalue weighted by atomic mass is 35.5. The third-order valence-electron chi connectivity index (χ3n) is 1.94. The fourth-order valence-corrected chi connectivity index (χ4v) is 1.42. The Bertz CT molecular complexity index is 449. The summed E-state index contributed by atoms with van der Waals surface area (Å²) in [4.78, 5) is 10.3. The second kappa shape index (κ2) is 6.11. The Hall–Kier alpha value is -1.57. The molecule has 1 aromatic rings. The number of hydrogen-bond donors (Lipinski definition) is 1. The van der Waals surface area contributed by atoms with Gasteiger partial charge < -0.3 is 5.32 Å². The summed E-state index contributed by atoms with van der Waals surface area (Å²) in [6, 6.07) is 4.51. The van der Waals surface area contributed by atoms with E-state index >= 15 is 0 Å². The van der Waals surface area contributed by atoms with E-state index in [1.54, 1.807) is 13.0 Å². The van der Waals surface area contributed by atoms with E-state index in [0.717, 1.165) is 0 Å². The van der Waals surface area contributed by atoms with Gasteiger partial charge >= 0.3 is 0 Å². The Labute approximate surface area is 98.8 Å². The van der Waals surface area contributed by atoms with Crippen LogP contribution in [-0.2, 0) is 6.54 Å². The molecule has 1 rings (SSSR count). The number of halogens is 1. The van der Waals surface area contributed by atoms with E-state index in [1.807, 2.05) is 0 Å². The molecule has 5 heteroatoms. The van der Waals surface area contributed by atoms with Crippen molar-refractivity contribution < 1.29 is 4.92 Å². The molecule has 0 bridgehead atoms. The highest BCUT2D eigenvalue weighted by Crippen LogP contribution is 2.22. The van der Waals surface area contributed by atoms with E-state index in [0.29, 0.717) is 23.7 Å². The first kappa shape index (κ1) is 12.5. The molecule has 16 heavy (non-hydrogen) atoms.